The van der Waals surface area contributed by atoms with Crippen LogP contribution in [0.1, 0.15) is 26.0 Å². The molecule has 0 saturated carbocycles. The summed E-state index contributed by atoms with van der Waals surface area (Å²) in [4.78, 5) is 42.4. The van der Waals surface area contributed by atoms with Gasteiger partial charge in [-0.1, -0.05) is 25.4 Å². The van der Waals surface area contributed by atoms with E-state index in [1.54, 1.807) is 36.4 Å². The fourth-order valence-electron chi connectivity index (χ4n) is 3.13. The number of nitrogens with zero attached hydrogens (tertiary/aromatic N) is 3. The van der Waals surface area contributed by atoms with E-state index in [1.807, 2.05) is 13.8 Å². The lowest BCUT2D eigenvalue weighted by atomic mass is 10.1. The van der Waals surface area contributed by atoms with Gasteiger partial charge in [-0.25, -0.2) is 0 Å². The third-order valence-electron chi connectivity index (χ3n) is 4.62. The van der Waals surface area contributed by atoms with Crippen molar-refractivity contribution in [3.05, 3.63) is 53.4 Å². The lowest BCUT2D eigenvalue weighted by Crippen LogP contribution is -2.42. The van der Waals surface area contributed by atoms with Gasteiger partial charge in [-0.05, 0) is 42.3 Å². The first-order chi connectivity index (χ1) is 13.8. The molecule has 0 aliphatic carbocycles. The van der Waals surface area contributed by atoms with Gasteiger partial charge in [0.25, 0.3) is 0 Å². The van der Waals surface area contributed by atoms with E-state index >= 15 is 0 Å². The lowest BCUT2D eigenvalue weighted by Gasteiger charge is -2.25. The molecule has 154 valence electrons. The number of benzene rings is 1. The molecule has 0 N–H and O–H groups in total. The van der Waals surface area contributed by atoms with Crippen LogP contribution in [0.25, 0.3) is 0 Å². The highest BCUT2D eigenvalue weighted by molar-refractivity contribution is 6.30. The molecule has 2 aromatic rings. The zero-order valence-corrected chi connectivity index (χ0v) is 17.3. The molecule has 0 atom stereocenters. The van der Waals surface area contributed by atoms with Gasteiger partial charge in [0, 0.05) is 17.1 Å². The van der Waals surface area contributed by atoms with E-state index in [1.165, 1.54) is 21.0 Å². The van der Waals surface area contributed by atoms with Crippen LogP contribution in [0.4, 0.5) is 5.69 Å². The van der Waals surface area contributed by atoms with Gasteiger partial charge in [0.15, 0.2) is 0 Å². The molecule has 0 spiro atoms. The topological polar surface area (TPSA) is 74.1 Å². The normalized spacial score (nSPS) is 14.0. The molecule has 1 fully saturated rings. The molecular weight excluding hydrogens is 394 g/mol. The molecule has 1 aliphatic heterocycles. The first-order valence-electron chi connectivity index (χ1n) is 9.47. The summed E-state index contributed by atoms with van der Waals surface area (Å²) < 4.78 is 5.34. The van der Waals surface area contributed by atoms with E-state index in [4.69, 9.17) is 16.0 Å². The molecule has 29 heavy (non-hydrogen) atoms. The Bertz CT molecular complexity index is 865. The Morgan fingerprint density at radius 1 is 1.21 bits per heavy atom. The van der Waals surface area contributed by atoms with E-state index in [2.05, 4.69) is 0 Å². The highest BCUT2D eigenvalue weighted by atomic mass is 35.5. The van der Waals surface area contributed by atoms with Crippen LogP contribution in [-0.4, -0.2) is 47.3 Å². The van der Waals surface area contributed by atoms with Crippen molar-refractivity contribution in [2.45, 2.75) is 26.8 Å². The van der Waals surface area contributed by atoms with Crippen molar-refractivity contribution in [1.29, 1.82) is 0 Å². The van der Waals surface area contributed by atoms with Crippen molar-refractivity contribution in [3.63, 3.8) is 0 Å². The van der Waals surface area contributed by atoms with Crippen LogP contribution in [0.5, 0.6) is 0 Å². The third-order valence-corrected chi connectivity index (χ3v) is 4.87. The predicted octanol–water partition coefficient (Wildman–Crippen LogP) is 3.14. The fraction of sp³-hybridized carbons (Fsp3) is 0.381. The van der Waals surface area contributed by atoms with Crippen molar-refractivity contribution in [1.82, 2.24) is 9.80 Å². The second kappa shape index (κ2) is 9.13. The molecule has 0 bridgehead atoms. The van der Waals surface area contributed by atoms with E-state index < -0.39 is 0 Å². The summed E-state index contributed by atoms with van der Waals surface area (Å²) in [7, 11) is 0. The quantitative estimate of drug-likeness (QED) is 0.693. The first kappa shape index (κ1) is 20.9. The molecule has 3 rings (SSSR count). The summed E-state index contributed by atoms with van der Waals surface area (Å²) in [6, 6.07) is 10.4. The van der Waals surface area contributed by atoms with Crippen LogP contribution in [0.3, 0.4) is 0 Å². The number of furan rings is 1. The number of carbonyl (C=O) groups is 3. The van der Waals surface area contributed by atoms with Gasteiger partial charge in [-0.3, -0.25) is 19.3 Å². The van der Waals surface area contributed by atoms with Crippen LogP contribution in [0, 0.1) is 5.92 Å². The van der Waals surface area contributed by atoms with Gasteiger partial charge in [-0.15, -0.1) is 0 Å². The van der Waals surface area contributed by atoms with E-state index in [0.717, 1.165) is 0 Å². The van der Waals surface area contributed by atoms with E-state index in [9.17, 15) is 14.4 Å². The molecule has 2 heterocycles. The van der Waals surface area contributed by atoms with Gasteiger partial charge in [0.2, 0.25) is 17.7 Å². The van der Waals surface area contributed by atoms with Gasteiger partial charge in [0.1, 0.15) is 25.5 Å². The summed E-state index contributed by atoms with van der Waals surface area (Å²) in [5.41, 5.74) is 0.679. The molecule has 1 saturated heterocycles. The molecule has 1 aliphatic rings. The Balaban J connectivity index is 1.67. The largest absolute Gasteiger partial charge is 0.467 e. The smallest absolute Gasteiger partial charge is 0.248 e. The Labute approximate surface area is 174 Å². The summed E-state index contributed by atoms with van der Waals surface area (Å²) in [5.74, 6) is 0.204. The Hall–Kier alpha value is -2.80. The van der Waals surface area contributed by atoms with Crippen molar-refractivity contribution in [2.24, 2.45) is 5.92 Å². The monoisotopic (exact) mass is 417 g/mol. The third kappa shape index (κ3) is 5.38. The molecule has 0 radical (unpaired) electrons. The highest BCUT2D eigenvalue weighted by Gasteiger charge is 2.33. The number of halogens is 1. The number of carbonyl (C=O) groups excluding carboxylic acids is 3. The molecule has 1 aromatic carbocycles. The second-order valence-electron chi connectivity index (χ2n) is 7.46. The highest BCUT2D eigenvalue weighted by Crippen LogP contribution is 2.22. The summed E-state index contributed by atoms with van der Waals surface area (Å²) in [6.07, 6.45) is 1.87. The molecule has 1 aromatic heterocycles. The van der Waals surface area contributed by atoms with E-state index in [0.29, 0.717) is 22.9 Å². The summed E-state index contributed by atoms with van der Waals surface area (Å²) >= 11 is 5.90. The maximum Gasteiger partial charge on any atom is 0.248 e. The second-order valence-corrected chi connectivity index (χ2v) is 7.89. The number of rotatable bonds is 7. The zero-order chi connectivity index (χ0) is 21.0. The minimum atomic E-state index is -0.279. The zero-order valence-electron chi connectivity index (χ0n) is 16.5. The molecule has 8 heteroatoms. The Kier molecular flexibility index (Phi) is 6.59. The number of hydrogen-bond donors (Lipinski definition) is 0. The van der Waals surface area contributed by atoms with E-state index in [-0.39, 0.29) is 49.9 Å². The van der Waals surface area contributed by atoms with Crippen LogP contribution < -0.4 is 4.90 Å². The molecule has 7 nitrogen and oxygen atoms in total. The SMILES string of the molecule is CC(C)CC(=O)N(CC(=O)N1CC(=O)N(c2ccc(Cl)cc2)C1)Cc1ccco1. The Morgan fingerprint density at radius 2 is 1.93 bits per heavy atom. The number of hydrogen-bond acceptors (Lipinski definition) is 4. The Morgan fingerprint density at radius 3 is 2.55 bits per heavy atom. The van der Waals surface area contributed by atoms with Crippen LogP contribution in [0.15, 0.2) is 47.1 Å². The maximum atomic E-state index is 12.9. The maximum absolute atomic E-state index is 12.9. The first-order valence-corrected chi connectivity index (χ1v) is 9.85. The van der Waals surface area contributed by atoms with Crippen molar-refractivity contribution >= 4 is 35.0 Å². The van der Waals surface area contributed by atoms with Crippen molar-refractivity contribution in [2.75, 3.05) is 24.7 Å². The average Bonchev–Trinajstić information content (AvgIpc) is 3.31. The summed E-state index contributed by atoms with van der Waals surface area (Å²) in [6.45, 7) is 4.14. The summed E-state index contributed by atoms with van der Waals surface area (Å²) in [5, 5.41) is 0.575. The number of amides is 3. The fourth-order valence-corrected chi connectivity index (χ4v) is 3.25. The molecular formula is C21H24ClN3O4. The standard InChI is InChI=1S/C21H24ClN3O4/c1-15(2)10-19(26)23(11-18-4-3-9-29-18)12-20(27)24-13-21(28)25(14-24)17-7-5-16(22)6-8-17/h3-9,15H,10-14H2,1-2H3. The van der Waals surface area contributed by atoms with Crippen molar-refractivity contribution in [3.8, 4) is 0 Å². The van der Waals surface area contributed by atoms with Gasteiger partial charge < -0.3 is 14.2 Å². The van der Waals surface area contributed by atoms with Crippen LogP contribution in [0.2, 0.25) is 5.02 Å². The van der Waals surface area contributed by atoms with Gasteiger partial charge >= 0.3 is 0 Å². The van der Waals surface area contributed by atoms with Gasteiger partial charge in [0.05, 0.1) is 12.8 Å². The van der Waals surface area contributed by atoms with Crippen LogP contribution in [-0.2, 0) is 20.9 Å². The lowest BCUT2D eigenvalue weighted by molar-refractivity contribution is -0.141. The molecule has 3 amide bonds. The minimum Gasteiger partial charge on any atom is -0.467 e. The predicted molar refractivity (Wildman–Crippen MR) is 109 cm³/mol. The minimum absolute atomic E-state index is 0.0194. The molecule has 0 unspecified atom stereocenters. The number of anilines is 1. The van der Waals surface area contributed by atoms with Gasteiger partial charge in [-0.2, -0.15) is 0 Å². The van der Waals surface area contributed by atoms with Crippen molar-refractivity contribution < 1.29 is 18.8 Å². The average molecular weight is 418 g/mol. The van der Waals surface area contributed by atoms with Crippen LogP contribution >= 0.6 is 11.6 Å².